The molecule has 30 heavy (non-hydrogen) atoms. The van der Waals surface area contributed by atoms with Gasteiger partial charge in [-0.3, -0.25) is 4.79 Å². The van der Waals surface area contributed by atoms with Crippen LogP contribution in [-0.2, 0) is 10.2 Å². The van der Waals surface area contributed by atoms with E-state index in [0.29, 0.717) is 6.42 Å². The number of aliphatic carboxylic acids is 1. The molecule has 0 amide bonds. The molecule has 0 saturated carbocycles. The van der Waals surface area contributed by atoms with Crippen LogP contribution in [-0.4, -0.2) is 47.5 Å². The predicted octanol–water partition coefficient (Wildman–Crippen LogP) is 5.24. The van der Waals surface area contributed by atoms with E-state index in [-0.39, 0.29) is 4.75 Å². The number of likely N-dealkylation sites (tertiary alicyclic amines) is 1. The summed E-state index contributed by atoms with van der Waals surface area (Å²) < 4.78 is 8.22. The summed E-state index contributed by atoms with van der Waals surface area (Å²) in [7, 11) is 1.64. The fraction of sp³-hybridized carbons (Fsp3) is 0.522. The van der Waals surface area contributed by atoms with Crippen LogP contribution < -0.4 is 4.74 Å². The van der Waals surface area contributed by atoms with Gasteiger partial charge in [0.25, 0.3) is 0 Å². The maximum Gasteiger partial charge on any atom is 0.313 e. The number of ether oxygens (including phenoxy) is 1. The molecule has 1 aliphatic rings. The zero-order valence-electron chi connectivity index (χ0n) is 17.9. The summed E-state index contributed by atoms with van der Waals surface area (Å²) >= 11 is 1.15. The first-order valence-electron chi connectivity index (χ1n) is 10.3. The van der Waals surface area contributed by atoms with E-state index < -0.39 is 11.4 Å². The standard InChI is InChI=1S/C23H30N2O4S/c1-22(30-24-28)10-13-25(14-11-22)12-4-9-23(2,21(26)27)19-7-5-18-16-20(29-3)8-6-17(18)15-19/h5-8,15-16H,4,9-14H2,1-3H3,(H,26,27)/t23-/m0/s1. The molecule has 0 bridgehead atoms. The summed E-state index contributed by atoms with van der Waals surface area (Å²) in [5.74, 6) is -0.00811. The van der Waals surface area contributed by atoms with Gasteiger partial charge in [0, 0.05) is 21.3 Å². The Balaban J connectivity index is 1.66. The van der Waals surface area contributed by atoms with Crippen LogP contribution in [0.2, 0.25) is 0 Å². The minimum absolute atomic E-state index is 0.0679. The maximum absolute atomic E-state index is 12.2. The number of benzene rings is 2. The molecule has 0 spiro atoms. The van der Waals surface area contributed by atoms with Gasteiger partial charge in [0.2, 0.25) is 0 Å². The van der Waals surface area contributed by atoms with E-state index >= 15 is 0 Å². The minimum Gasteiger partial charge on any atom is -0.497 e. The Morgan fingerprint density at radius 3 is 2.53 bits per heavy atom. The van der Waals surface area contributed by atoms with Crippen molar-refractivity contribution in [2.75, 3.05) is 26.7 Å². The number of piperidine rings is 1. The SMILES string of the molecule is COc1ccc2cc([C@](C)(CCCN3CCC(C)(SN=O)CC3)C(=O)O)ccc2c1. The van der Waals surface area contributed by atoms with Gasteiger partial charge in [-0.1, -0.05) is 24.3 Å². The van der Waals surface area contributed by atoms with Crippen molar-refractivity contribution in [3.63, 3.8) is 0 Å². The highest BCUT2D eigenvalue weighted by Gasteiger charge is 2.36. The first kappa shape index (κ1) is 22.6. The molecule has 1 N–H and O–H groups in total. The normalized spacial score (nSPS) is 18.6. The lowest BCUT2D eigenvalue weighted by Crippen LogP contribution is -2.41. The number of methoxy groups -OCH3 is 1. The van der Waals surface area contributed by atoms with Gasteiger partial charge in [-0.2, -0.15) is 0 Å². The molecule has 1 fully saturated rings. The zero-order valence-corrected chi connectivity index (χ0v) is 18.7. The molecule has 7 heteroatoms. The van der Waals surface area contributed by atoms with E-state index in [0.717, 1.165) is 72.9 Å². The highest BCUT2D eigenvalue weighted by molar-refractivity contribution is 7.99. The second-order valence-corrected chi connectivity index (χ2v) is 9.94. The van der Waals surface area contributed by atoms with E-state index in [4.69, 9.17) is 4.74 Å². The van der Waals surface area contributed by atoms with Crippen LogP contribution in [0.1, 0.15) is 45.1 Å². The second-order valence-electron chi connectivity index (χ2n) is 8.63. The van der Waals surface area contributed by atoms with Crippen LogP contribution in [0.3, 0.4) is 0 Å². The summed E-state index contributed by atoms with van der Waals surface area (Å²) in [6.45, 7) is 6.61. The lowest BCUT2D eigenvalue weighted by Gasteiger charge is -2.37. The molecule has 0 aliphatic carbocycles. The van der Waals surface area contributed by atoms with Crippen molar-refractivity contribution in [2.24, 2.45) is 4.58 Å². The highest BCUT2D eigenvalue weighted by Crippen LogP contribution is 2.37. The minimum atomic E-state index is -0.935. The lowest BCUT2D eigenvalue weighted by atomic mass is 9.78. The summed E-state index contributed by atoms with van der Waals surface area (Å²) in [5, 5.41) is 12.1. The van der Waals surface area contributed by atoms with Crippen molar-refractivity contribution in [3.8, 4) is 5.75 Å². The fourth-order valence-corrected chi connectivity index (χ4v) is 4.70. The van der Waals surface area contributed by atoms with Gasteiger partial charge in [0.15, 0.2) is 0 Å². The van der Waals surface area contributed by atoms with Gasteiger partial charge in [-0.25, -0.2) is 0 Å². The first-order chi connectivity index (χ1) is 14.3. The van der Waals surface area contributed by atoms with Crippen molar-refractivity contribution in [1.29, 1.82) is 0 Å². The molecule has 0 radical (unpaired) electrons. The number of rotatable bonds is 9. The Morgan fingerprint density at radius 2 is 1.90 bits per heavy atom. The fourth-order valence-electron chi connectivity index (χ4n) is 4.16. The quantitative estimate of drug-likeness (QED) is 0.433. The third kappa shape index (κ3) is 4.95. The third-order valence-electron chi connectivity index (χ3n) is 6.48. The van der Waals surface area contributed by atoms with Crippen LogP contribution in [0.4, 0.5) is 0 Å². The van der Waals surface area contributed by atoms with E-state index in [9.17, 15) is 14.8 Å². The largest absolute Gasteiger partial charge is 0.497 e. The number of nitroso groups, excluding NO2 is 1. The average molecular weight is 431 g/mol. The number of carbonyl (C=O) groups is 1. The van der Waals surface area contributed by atoms with Gasteiger partial charge in [-0.15, -0.1) is 4.91 Å². The molecule has 0 aromatic heterocycles. The molecule has 1 atom stereocenters. The molecule has 2 aromatic carbocycles. The van der Waals surface area contributed by atoms with Gasteiger partial charge < -0.3 is 14.7 Å². The van der Waals surface area contributed by atoms with Gasteiger partial charge in [0.1, 0.15) is 5.75 Å². The number of fused-ring (bicyclic) bond motifs is 1. The van der Waals surface area contributed by atoms with Crippen molar-refractivity contribution in [2.45, 2.75) is 49.7 Å². The number of nitrogens with zero attached hydrogens (tertiary/aromatic N) is 2. The van der Waals surface area contributed by atoms with Crippen LogP contribution in [0, 0.1) is 4.91 Å². The Hall–Kier alpha value is -2.12. The summed E-state index contributed by atoms with van der Waals surface area (Å²) in [4.78, 5) is 25.2. The number of carboxylic acid groups (broad SMARTS) is 1. The van der Waals surface area contributed by atoms with Crippen molar-refractivity contribution in [3.05, 3.63) is 46.9 Å². The number of hydrogen-bond donors (Lipinski definition) is 1. The third-order valence-corrected chi connectivity index (χ3v) is 7.40. The molecule has 6 nitrogen and oxygen atoms in total. The van der Waals surface area contributed by atoms with Crippen molar-refractivity contribution in [1.82, 2.24) is 4.90 Å². The second kappa shape index (κ2) is 9.35. The number of carboxylic acids is 1. The van der Waals surface area contributed by atoms with Crippen LogP contribution in [0.25, 0.3) is 10.8 Å². The van der Waals surface area contributed by atoms with Crippen molar-refractivity contribution >= 4 is 28.7 Å². The molecule has 162 valence electrons. The molecule has 1 aliphatic heterocycles. The van der Waals surface area contributed by atoms with Gasteiger partial charge in [-0.05, 0) is 87.6 Å². The van der Waals surface area contributed by atoms with Crippen LogP contribution in [0.5, 0.6) is 5.75 Å². The van der Waals surface area contributed by atoms with Crippen molar-refractivity contribution < 1.29 is 14.6 Å². The Morgan fingerprint density at radius 1 is 1.23 bits per heavy atom. The summed E-state index contributed by atoms with van der Waals surface area (Å²) in [6, 6.07) is 11.7. The Kier molecular flexibility index (Phi) is 7.03. The average Bonchev–Trinajstić information content (AvgIpc) is 2.74. The van der Waals surface area contributed by atoms with Gasteiger partial charge in [0.05, 0.1) is 12.5 Å². The molecule has 2 aromatic rings. The molecular formula is C23H30N2O4S. The zero-order chi connectivity index (χ0) is 21.8. The number of hydrogen-bond acceptors (Lipinski definition) is 6. The van der Waals surface area contributed by atoms with E-state index in [2.05, 4.69) is 16.4 Å². The summed E-state index contributed by atoms with van der Waals surface area (Å²) in [5.41, 5.74) is -0.109. The topological polar surface area (TPSA) is 79.2 Å². The molecule has 1 heterocycles. The van der Waals surface area contributed by atoms with E-state index in [1.54, 1.807) is 7.11 Å². The van der Waals surface area contributed by atoms with Crippen LogP contribution >= 0.6 is 11.9 Å². The molecule has 3 rings (SSSR count). The molecule has 1 saturated heterocycles. The van der Waals surface area contributed by atoms with Crippen LogP contribution in [0.15, 0.2) is 41.0 Å². The summed E-state index contributed by atoms with van der Waals surface area (Å²) in [6.07, 6.45) is 3.23. The van der Waals surface area contributed by atoms with Gasteiger partial charge >= 0.3 is 5.97 Å². The lowest BCUT2D eigenvalue weighted by molar-refractivity contribution is -0.143. The van der Waals surface area contributed by atoms with E-state index in [1.165, 1.54) is 0 Å². The van der Waals surface area contributed by atoms with E-state index in [1.807, 2.05) is 43.3 Å². The predicted molar refractivity (Wildman–Crippen MR) is 122 cm³/mol. The monoisotopic (exact) mass is 430 g/mol. The molecule has 0 unspecified atom stereocenters. The Bertz CT molecular complexity index is 911. The maximum atomic E-state index is 12.2. The Labute approximate surface area is 182 Å². The first-order valence-corrected chi connectivity index (χ1v) is 11.1. The molecular weight excluding hydrogens is 400 g/mol. The highest BCUT2D eigenvalue weighted by atomic mass is 32.2. The smallest absolute Gasteiger partial charge is 0.313 e.